The lowest BCUT2D eigenvalue weighted by Crippen LogP contribution is -2.50. The van der Waals surface area contributed by atoms with Crippen LogP contribution in [-0.4, -0.2) is 48.1 Å². The lowest BCUT2D eigenvalue weighted by molar-refractivity contribution is -0.143. The van der Waals surface area contributed by atoms with E-state index in [0.29, 0.717) is 18.4 Å². The second-order valence-electron chi connectivity index (χ2n) is 4.02. The average molecular weight is 197 g/mol. The van der Waals surface area contributed by atoms with Crippen molar-refractivity contribution in [2.75, 3.05) is 26.2 Å². The van der Waals surface area contributed by atoms with Crippen molar-refractivity contribution in [1.29, 1.82) is 0 Å². The fraction of sp³-hybridized carbons (Fsp3) is 0.900. The Morgan fingerprint density at radius 1 is 1.43 bits per heavy atom. The maximum Gasteiger partial charge on any atom is 0.238 e. The Balaban J connectivity index is 2.01. The van der Waals surface area contributed by atoms with E-state index in [9.17, 15) is 4.79 Å². The second-order valence-corrected chi connectivity index (χ2v) is 4.02. The van der Waals surface area contributed by atoms with Gasteiger partial charge in [0, 0.05) is 19.5 Å². The Kier molecular flexibility index (Phi) is 3.03. The molecular formula is C10H19N3O. The predicted molar refractivity (Wildman–Crippen MR) is 54.6 cm³/mol. The van der Waals surface area contributed by atoms with E-state index in [0.717, 1.165) is 39.0 Å². The van der Waals surface area contributed by atoms with Crippen LogP contribution in [0.3, 0.4) is 0 Å². The Morgan fingerprint density at radius 2 is 2.14 bits per heavy atom. The first kappa shape index (κ1) is 9.93. The molecule has 2 rings (SSSR count). The number of piperidine rings is 1. The van der Waals surface area contributed by atoms with Crippen LogP contribution >= 0.6 is 0 Å². The van der Waals surface area contributed by atoms with Gasteiger partial charge in [0.25, 0.3) is 0 Å². The number of hydrazine groups is 1. The number of nitrogens with one attached hydrogen (secondary N) is 1. The molecule has 0 saturated carbocycles. The van der Waals surface area contributed by atoms with Gasteiger partial charge in [-0.2, -0.15) is 0 Å². The van der Waals surface area contributed by atoms with Crippen LogP contribution in [0.15, 0.2) is 0 Å². The van der Waals surface area contributed by atoms with Crippen molar-refractivity contribution in [3.8, 4) is 0 Å². The Morgan fingerprint density at radius 3 is 2.79 bits per heavy atom. The molecule has 0 bridgehead atoms. The zero-order valence-corrected chi connectivity index (χ0v) is 8.83. The molecule has 14 heavy (non-hydrogen) atoms. The molecule has 2 aliphatic heterocycles. The summed E-state index contributed by atoms with van der Waals surface area (Å²) < 4.78 is 0. The average Bonchev–Trinajstić information content (AvgIpc) is 2.61. The molecule has 2 saturated heterocycles. The zero-order valence-electron chi connectivity index (χ0n) is 8.83. The van der Waals surface area contributed by atoms with Crippen molar-refractivity contribution >= 4 is 5.91 Å². The highest BCUT2D eigenvalue weighted by Crippen LogP contribution is 2.20. The third-order valence-corrected chi connectivity index (χ3v) is 3.16. The standard InChI is InChI=1S/C10H19N3O/c1-2-12-8-5-10(14)13(12)9-3-6-11-7-4-9/h9,11H,2-8H2,1H3. The molecule has 2 fully saturated rings. The van der Waals surface area contributed by atoms with Crippen LogP contribution in [0.25, 0.3) is 0 Å². The molecule has 1 N–H and O–H groups in total. The van der Waals surface area contributed by atoms with Gasteiger partial charge in [-0.15, -0.1) is 0 Å². The predicted octanol–water partition coefficient (Wildman–Crippen LogP) is 0.208. The molecule has 0 atom stereocenters. The molecule has 2 aliphatic rings. The molecule has 0 aliphatic carbocycles. The second kappa shape index (κ2) is 4.28. The van der Waals surface area contributed by atoms with E-state index in [-0.39, 0.29) is 0 Å². The number of rotatable bonds is 2. The maximum atomic E-state index is 11.7. The van der Waals surface area contributed by atoms with Crippen LogP contribution in [0, 0.1) is 0 Å². The molecule has 2 heterocycles. The Hall–Kier alpha value is -0.610. The van der Waals surface area contributed by atoms with Gasteiger partial charge in [0.15, 0.2) is 0 Å². The molecule has 0 aromatic rings. The van der Waals surface area contributed by atoms with Crippen molar-refractivity contribution < 1.29 is 4.79 Å². The van der Waals surface area contributed by atoms with Crippen molar-refractivity contribution in [3.05, 3.63) is 0 Å². The molecule has 4 heteroatoms. The summed E-state index contributed by atoms with van der Waals surface area (Å²) in [6, 6.07) is 0.450. The summed E-state index contributed by atoms with van der Waals surface area (Å²) in [7, 11) is 0. The summed E-state index contributed by atoms with van der Waals surface area (Å²) in [6.07, 6.45) is 2.91. The number of hydrogen-bond acceptors (Lipinski definition) is 3. The number of amides is 1. The fourth-order valence-corrected chi connectivity index (χ4v) is 2.40. The highest BCUT2D eigenvalue weighted by Gasteiger charge is 2.33. The molecule has 0 radical (unpaired) electrons. The summed E-state index contributed by atoms with van der Waals surface area (Å²) in [5.74, 6) is 0.318. The smallest absolute Gasteiger partial charge is 0.238 e. The van der Waals surface area contributed by atoms with Gasteiger partial charge in [-0.1, -0.05) is 6.92 Å². The van der Waals surface area contributed by atoms with Gasteiger partial charge >= 0.3 is 0 Å². The summed E-state index contributed by atoms with van der Waals surface area (Å²) in [5.41, 5.74) is 0. The van der Waals surface area contributed by atoms with Crippen LogP contribution in [-0.2, 0) is 4.79 Å². The highest BCUT2D eigenvalue weighted by molar-refractivity contribution is 5.78. The first-order valence-electron chi connectivity index (χ1n) is 5.60. The van der Waals surface area contributed by atoms with E-state index in [2.05, 4.69) is 17.2 Å². The maximum absolute atomic E-state index is 11.7. The minimum Gasteiger partial charge on any atom is -0.317 e. The first-order valence-corrected chi connectivity index (χ1v) is 5.60. The number of hydrogen-bond donors (Lipinski definition) is 1. The van der Waals surface area contributed by atoms with E-state index in [1.165, 1.54) is 0 Å². The van der Waals surface area contributed by atoms with Gasteiger partial charge in [0.2, 0.25) is 5.91 Å². The number of nitrogens with zero attached hydrogens (tertiary/aromatic N) is 2. The van der Waals surface area contributed by atoms with Gasteiger partial charge in [0.05, 0.1) is 6.04 Å². The molecule has 0 aromatic carbocycles. The van der Waals surface area contributed by atoms with Gasteiger partial charge in [-0.05, 0) is 25.9 Å². The van der Waals surface area contributed by atoms with E-state index < -0.39 is 0 Å². The van der Waals surface area contributed by atoms with E-state index in [1.54, 1.807) is 0 Å². The van der Waals surface area contributed by atoms with Gasteiger partial charge in [0.1, 0.15) is 0 Å². The highest BCUT2D eigenvalue weighted by atomic mass is 16.2. The summed E-state index contributed by atoms with van der Waals surface area (Å²) in [6.45, 7) is 6.08. The minimum absolute atomic E-state index is 0.318. The van der Waals surface area contributed by atoms with Gasteiger partial charge in [-0.25, -0.2) is 5.01 Å². The van der Waals surface area contributed by atoms with Gasteiger partial charge in [-0.3, -0.25) is 9.80 Å². The summed E-state index contributed by atoms with van der Waals surface area (Å²) in [4.78, 5) is 11.7. The molecule has 0 unspecified atom stereocenters. The van der Waals surface area contributed by atoms with Crippen LogP contribution in [0.5, 0.6) is 0 Å². The summed E-state index contributed by atoms with van der Waals surface area (Å²) >= 11 is 0. The van der Waals surface area contributed by atoms with Crippen molar-refractivity contribution in [2.24, 2.45) is 0 Å². The molecule has 1 amide bonds. The van der Waals surface area contributed by atoms with Crippen molar-refractivity contribution in [2.45, 2.75) is 32.2 Å². The Labute approximate surface area is 85.2 Å². The minimum atomic E-state index is 0.318. The van der Waals surface area contributed by atoms with E-state index in [1.807, 2.05) is 5.01 Å². The quantitative estimate of drug-likeness (QED) is 0.687. The first-order chi connectivity index (χ1) is 6.83. The van der Waals surface area contributed by atoms with E-state index >= 15 is 0 Å². The van der Waals surface area contributed by atoms with Crippen LogP contribution in [0.4, 0.5) is 0 Å². The molecular weight excluding hydrogens is 178 g/mol. The van der Waals surface area contributed by atoms with Crippen LogP contribution in [0.1, 0.15) is 26.2 Å². The normalized spacial score (nSPS) is 26.1. The van der Waals surface area contributed by atoms with Crippen molar-refractivity contribution in [3.63, 3.8) is 0 Å². The zero-order chi connectivity index (χ0) is 9.97. The largest absolute Gasteiger partial charge is 0.317 e. The monoisotopic (exact) mass is 197 g/mol. The van der Waals surface area contributed by atoms with Crippen LogP contribution < -0.4 is 5.32 Å². The summed E-state index contributed by atoms with van der Waals surface area (Å²) in [5, 5.41) is 7.54. The van der Waals surface area contributed by atoms with Crippen LogP contribution in [0.2, 0.25) is 0 Å². The van der Waals surface area contributed by atoms with Crippen molar-refractivity contribution in [1.82, 2.24) is 15.3 Å². The van der Waals surface area contributed by atoms with E-state index in [4.69, 9.17) is 0 Å². The lowest BCUT2D eigenvalue weighted by Gasteiger charge is -2.36. The molecule has 0 spiro atoms. The number of carbonyl (C=O) groups excluding carboxylic acids is 1. The molecule has 0 aromatic heterocycles. The SMILES string of the molecule is CCN1CCC(=O)N1C1CCNCC1. The van der Waals surface area contributed by atoms with Gasteiger partial charge < -0.3 is 5.32 Å². The fourth-order valence-electron chi connectivity index (χ4n) is 2.40. The number of carbonyl (C=O) groups is 1. The Bertz CT molecular complexity index is 213. The lowest BCUT2D eigenvalue weighted by atomic mass is 10.1. The topological polar surface area (TPSA) is 35.6 Å². The molecule has 4 nitrogen and oxygen atoms in total. The third kappa shape index (κ3) is 1.77. The third-order valence-electron chi connectivity index (χ3n) is 3.16. The molecule has 80 valence electrons.